The minimum Gasteiger partial charge on any atom is -0.310 e. The third-order valence-electron chi connectivity index (χ3n) is 10.1. The van der Waals surface area contributed by atoms with Crippen LogP contribution in [0.3, 0.4) is 0 Å². The molecule has 1 aliphatic rings. The van der Waals surface area contributed by atoms with E-state index in [0.29, 0.717) is 0 Å². The maximum absolute atomic E-state index is 2.46. The Hall–Kier alpha value is -5.66. The number of benzene rings is 8. The molecule has 0 heterocycles. The molecule has 0 atom stereocenters. The van der Waals surface area contributed by atoms with Gasteiger partial charge in [0.1, 0.15) is 0 Å². The van der Waals surface area contributed by atoms with Gasteiger partial charge in [-0.2, -0.15) is 0 Å². The summed E-state index contributed by atoms with van der Waals surface area (Å²) in [6.45, 7) is 9.11. The molecule has 0 unspecified atom stereocenters. The molecule has 0 aromatic heterocycles. The van der Waals surface area contributed by atoms with E-state index in [4.69, 9.17) is 0 Å². The summed E-state index contributed by atoms with van der Waals surface area (Å²) in [6, 6.07) is 56.4. The number of hydrogen-bond donors (Lipinski definition) is 0. The maximum Gasteiger partial charge on any atom is 0.0505 e. The molecule has 8 aromatic rings. The molecule has 1 heteroatoms. The van der Waals surface area contributed by atoms with Crippen molar-refractivity contribution in [3.8, 4) is 33.4 Å². The molecule has 0 saturated heterocycles. The number of nitrogens with zero attached hydrogens (tertiary/aromatic N) is 1. The van der Waals surface area contributed by atoms with Crippen LogP contribution in [0, 0.1) is 6.92 Å². The molecule has 9 rings (SSSR count). The van der Waals surface area contributed by atoms with Crippen LogP contribution in [0.25, 0.3) is 65.7 Å². The van der Waals surface area contributed by atoms with Crippen molar-refractivity contribution in [2.45, 2.75) is 33.1 Å². The molecule has 8 aromatic carbocycles. The van der Waals surface area contributed by atoms with Crippen molar-refractivity contribution in [1.29, 1.82) is 0 Å². The fourth-order valence-electron chi connectivity index (χ4n) is 7.50. The second kappa shape index (κ2) is 10.7. The fraction of sp³-hybridized carbons (Fsp3) is 0.106. The summed E-state index contributed by atoms with van der Waals surface area (Å²) in [5.74, 6) is 0. The minimum absolute atomic E-state index is 0.0467. The van der Waals surface area contributed by atoms with E-state index in [1.807, 2.05) is 0 Å². The van der Waals surface area contributed by atoms with Gasteiger partial charge in [-0.05, 0) is 150 Å². The Morgan fingerprint density at radius 3 is 1.56 bits per heavy atom. The van der Waals surface area contributed by atoms with Crippen molar-refractivity contribution in [3.63, 3.8) is 0 Å². The van der Waals surface area contributed by atoms with Crippen LogP contribution < -0.4 is 4.90 Å². The van der Waals surface area contributed by atoms with Crippen molar-refractivity contribution >= 4 is 49.4 Å². The van der Waals surface area contributed by atoms with E-state index in [-0.39, 0.29) is 5.41 Å². The van der Waals surface area contributed by atoms with Gasteiger partial charge < -0.3 is 4.90 Å². The molecule has 0 radical (unpaired) electrons. The van der Waals surface area contributed by atoms with Crippen LogP contribution >= 0.6 is 0 Å². The van der Waals surface area contributed by atoms with Crippen LogP contribution in [-0.4, -0.2) is 0 Å². The van der Waals surface area contributed by atoms with Gasteiger partial charge in [0.2, 0.25) is 0 Å². The number of aryl methyl sites for hydroxylation is 1. The normalized spacial score (nSPS) is 12.2. The highest BCUT2D eigenvalue weighted by Gasteiger charge is 2.26. The first-order valence-electron chi connectivity index (χ1n) is 16.9. The largest absolute Gasteiger partial charge is 0.310 e. The van der Waals surface area contributed by atoms with Crippen LogP contribution in [-0.2, 0) is 5.41 Å². The van der Waals surface area contributed by atoms with E-state index < -0.39 is 0 Å². The van der Waals surface area contributed by atoms with E-state index in [1.54, 1.807) is 0 Å². The molecular formula is C47H37N. The first-order valence-corrected chi connectivity index (χ1v) is 16.9. The van der Waals surface area contributed by atoms with Gasteiger partial charge >= 0.3 is 0 Å². The van der Waals surface area contributed by atoms with E-state index >= 15 is 0 Å². The smallest absolute Gasteiger partial charge is 0.0505 e. The molecule has 0 saturated carbocycles. The van der Waals surface area contributed by atoms with Gasteiger partial charge in [0, 0.05) is 11.4 Å². The summed E-state index contributed by atoms with van der Waals surface area (Å²) in [5.41, 5.74) is 14.0. The molecule has 0 amide bonds. The van der Waals surface area contributed by atoms with Gasteiger partial charge in [0.05, 0.1) is 5.69 Å². The van der Waals surface area contributed by atoms with Gasteiger partial charge in [-0.1, -0.05) is 111 Å². The first-order chi connectivity index (χ1) is 23.3. The summed E-state index contributed by atoms with van der Waals surface area (Å²) in [6.07, 6.45) is 0. The SMILES string of the molecule is Cc1ccc(N(c2ccc3cc4c(cc3c2)-c2cc3cc(-c5ccccc5)ccc3cc2-4)c2cc3ccccc3cc2C(C)(C)C)cc1. The lowest BCUT2D eigenvalue weighted by atomic mass is 9.77. The van der Waals surface area contributed by atoms with Gasteiger partial charge in [0.15, 0.2) is 0 Å². The summed E-state index contributed by atoms with van der Waals surface area (Å²) < 4.78 is 0. The molecule has 230 valence electrons. The number of fused-ring (bicyclic) bond motifs is 7. The van der Waals surface area contributed by atoms with Crippen LogP contribution in [0.1, 0.15) is 31.9 Å². The highest BCUT2D eigenvalue weighted by atomic mass is 15.1. The Morgan fingerprint density at radius 2 is 0.917 bits per heavy atom. The summed E-state index contributed by atoms with van der Waals surface area (Å²) in [5, 5.41) is 7.61. The van der Waals surface area contributed by atoms with Gasteiger partial charge in [-0.15, -0.1) is 0 Å². The van der Waals surface area contributed by atoms with Crippen LogP contribution in [0.5, 0.6) is 0 Å². The Kier molecular flexibility index (Phi) is 6.36. The van der Waals surface area contributed by atoms with E-state index in [9.17, 15) is 0 Å². The predicted molar refractivity (Wildman–Crippen MR) is 207 cm³/mol. The zero-order valence-electron chi connectivity index (χ0n) is 27.9. The maximum atomic E-state index is 2.46. The Bertz CT molecular complexity index is 2530. The van der Waals surface area contributed by atoms with Crippen LogP contribution in [0.2, 0.25) is 0 Å². The fourth-order valence-corrected chi connectivity index (χ4v) is 7.50. The number of anilines is 3. The second-order valence-corrected chi connectivity index (χ2v) is 14.4. The lowest BCUT2D eigenvalue weighted by Crippen LogP contribution is -2.19. The quantitative estimate of drug-likeness (QED) is 0.190. The highest BCUT2D eigenvalue weighted by Crippen LogP contribution is 2.51. The van der Waals surface area contributed by atoms with Crippen LogP contribution in [0.15, 0.2) is 152 Å². The zero-order chi connectivity index (χ0) is 32.6. The average Bonchev–Trinajstić information content (AvgIpc) is 3.10. The summed E-state index contributed by atoms with van der Waals surface area (Å²) in [7, 11) is 0. The molecule has 0 bridgehead atoms. The Labute approximate surface area is 282 Å². The van der Waals surface area contributed by atoms with Crippen molar-refractivity contribution < 1.29 is 0 Å². The summed E-state index contributed by atoms with van der Waals surface area (Å²) in [4.78, 5) is 2.46. The number of rotatable bonds is 4. The Balaban J connectivity index is 1.19. The van der Waals surface area contributed by atoms with Crippen molar-refractivity contribution in [2.75, 3.05) is 4.90 Å². The average molecular weight is 616 g/mol. The lowest BCUT2D eigenvalue weighted by molar-refractivity contribution is 0.592. The lowest BCUT2D eigenvalue weighted by Gasteiger charge is -2.33. The van der Waals surface area contributed by atoms with Crippen molar-refractivity contribution in [1.82, 2.24) is 0 Å². The molecule has 1 nitrogen and oxygen atoms in total. The second-order valence-electron chi connectivity index (χ2n) is 14.4. The van der Waals surface area contributed by atoms with Gasteiger partial charge in [-0.3, -0.25) is 0 Å². The molecule has 48 heavy (non-hydrogen) atoms. The van der Waals surface area contributed by atoms with E-state index in [2.05, 4.69) is 184 Å². The monoisotopic (exact) mass is 615 g/mol. The third kappa shape index (κ3) is 4.69. The minimum atomic E-state index is -0.0467. The molecule has 0 N–H and O–H groups in total. The molecule has 1 aliphatic carbocycles. The molecule has 0 fully saturated rings. The standard InChI is InChI=1S/C47H37N/c1-30-14-19-39(20-15-30)48(46-29-33-13-9-8-12-32(33)28-45(46)47(2,3)4)40-21-18-36-25-42-41-24-35-17-16-34(31-10-6-5-7-11-31)22-37(35)26-43(41)44(42)27-38(36)23-40/h5-29H,1-4H3. The Morgan fingerprint density at radius 1 is 0.396 bits per heavy atom. The molecule has 0 aliphatic heterocycles. The predicted octanol–water partition coefficient (Wildman–Crippen LogP) is 13.5. The summed E-state index contributed by atoms with van der Waals surface area (Å²) >= 11 is 0. The van der Waals surface area contributed by atoms with Crippen molar-refractivity contribution in [3.05, 3.63) is 163 Å². The first kappa shape index (κ1) is 28.6. The highest BCUT2D eigenvalue weighted by molar-refractivity contribution is 6.12. The van der Waals surface area contributed by atoms with Gasteiger partial charge in [0.25, 0.3) is 0 Å². The zero-order valence-corrected chi connectivity index (χ0v) is 27.9. The van der Waals surface area contributed by atoms with Crippen molar-refractivity contribution in [2.24, 2.45) is 0 Å². The topological polar surface area (TPSA) is 3.24 Å². The molecular weight excluding hydrogens is 579 g/mol. The third-order valence-corrected chi connectivity index (χ3v) is 10.1. The van der Waals surface area contributed by atoms with Crippen LogP contribution in [0.4, 0.5) is 17.1 Å². The van der Waals surface area contributed by atoms with E-state index in [1.165, 1.54) is 82.5 Å². The van der Waals surface area contributed by atoms with E-state index in [0.717, 1.165) is 11.4 Å². The van der Waals surface area contributed by atoms with Gasteiger partial charge in [-0.25, -0.2) is 0 Å². The number of hydrogen-bond acceptors (Lipinski definition) is 1. The molecule has 0 spiro atoms.